The normalized spacial score (nSPS) is 15.2. The Morgan fingerprint density at radius 1 is 1.16 bits per heavy atom. The third kappa shape index (κ3) is 4.04. The molecule has 0 unspecified atom stereocenters. The van der Waals surface area contributed by atoms with Crippen LogP contribution in [0.1, 0.15) is 29.0 Å². The van der Waals surface area contributed by atoms with E-state index in [0.29, 0.717) is 37.4 Å². The number of benzene rings is 1. The zero-order valence-corrected chi connectivity index (χ0v) is 13.6. The van der Waals surface area contributed by atoms with E-state index < -0.39 is 17.3 Å². The molecule has 1 saturated heterocycles. The first-order valence-corrected chi connectivity index (χ1v) is 7.95. The number of hydrogen-bond donors (Lipinski definition) is 0. The Labute approximate surface area is 142 Å². The minimum absolute atomic E-state index is 0.120. The van der Waals surface area contributed by atoms with Gasteiger partial charge in [-0.1, -0.05) is 0 Å². The summed E-state index contributed by atoms with van der Waals surface area (Å²) in [6.45, 7) is 2.53. The fourth-order valence-electron chi connectivity index (χ4n) is 2.82. The van der Waals surface area contributed by atoms with Gasteiger partial charge in [-0.15, -0.1) is 0 Å². The summed E-state index contributed by atoms with van der Waals surface area (Å²) in [5.74, 6) is -1.45. The van der Waals surface area contributed by atoms with E-state index in [1.54, 1.807) is 17.9 Å². The molecule has 2 aromatic rings. The van der Waals surface area contributed by atoms with Crippen LogP contribution in [0.3, 0.4) is 0 Å². The van der Waals surface area contributed by atoms with Crippen molar-refractivity contribution in [1.82, 2.24) is 4.90 Å². The quantitative estimate of drug-likeness (QED) is 0.855. The summed E-state index contributed by atoms with van der Waals surface area (Å²) >= 11 is 0. The maximum absolute atomic E-state index is 13.3. The van der Waals surface area contributed by atoms with E-state index in [1.807, 2.05) is 0 Å². The number of piperidine rings is 1. The van der Waals surface area contributed by atoms with Gasteiger partial charge in [0.1, 0.15) is 17.6 Å². The minimum atomic E-state index is -1.04. The average Bonchev–Trinajstić information content (AvgIpc) is 2.56. The molecule has 25 heavy (non-hydrogen) atoms. The highest BCUT2D eigenvalue weighted by Crippen LogP contribution is 2.20. The zero-order chi connectivity index (χ0) is 18.0. The van der Waals surface area contributed by atoms with Crippen molar-refractivity contribution in [3.8, 4) is 5.75 Å². The lowest BCUT2D eigenvalue weighted by atomic mass is 10.1. The maximum atomic E-state index is 13.3. The third-order valence-electron chi connectivity index (χ3n) is 4.07. The molecule has 0 saturated carbocycles. The van der Waals surface area contributed by atoms with Crippen LogP contribution in [0.25, 0.3) is 0 Å². The van der Waals surface area contributed by atoms with Crippen molar-refractivity contribution in [1.29, 1.82) is 0 Å². The number of halogens is 2. The molecule has 1 aliphatic heterocycles. The molecule has 1 aromatic heterocycles. The van der Waals surface area contributed by atoms with Gasteiger partial charge >= 0.3 is 5.63 Å². The highest BCUT2D eigenvalue weighted by Gasteiger charge is 2.25. The number of nitrogens with zero attached hydrogens (tertiary/aromatic N) is 1. The second kappa shape index (κ2) is 7.04. The molecule has 0 bridgehead atoms. The lowest BCUT2D eigenvalue weighted by Gasteiger charge is -2.32. The molecule has 3 rings (SSSR count). The SMILES string of the molecule is Cc1cc(OC2CCN(C(=O)c3ccc(F)c(F)c3)CC2)cc(=O)o1. The van der Waals surface area contributed by atoms with Crippen molar-refractivity contribution in [3.63, 3.8) is 0 Å². The van der Waals surface area contributed by atoms with Crippen LogP contribution in [0.5, 0.6) is 5.75 Å². The fraction of sp³-hybridized carbons (Fsp3) is 0.333. The number of amides is 1. The lowest BCUT2D eigenvalue weighted by molar-refractivity contribution is 0.0594. The van der Waals surface area contributed by atoms with E-state index in [9.17, 15) is 18.4 Å². The van der Waals surface area contributed by atoms with Crippen LogP contribution >= 0.6 is 0 Å². The summed E-state index contributed by atoms with van der Waals surface area (Å²) in [5.41, 5.74) is -0.351. The van der Waals surface area contributed by atoms with Crippen molar-refractivity contribution in [2.75, 3.05) is 13.1 Å². The average molecular weight is 349 g/mol. The number of ether oxygens (including phenoxy) is 1. The first-order valence-electron chi connectivity index (χ1n) is 7.95. The Morgan fingerprint density at radius 3 is 2.52 bits per heavy atom. The summed E-state index contributed by atoms with van der Waals surface area (Å²) in [6.07, 6.45) is 1.03. The van der Waals surface area contributed by atoms with Crippen LogP contribution in [0.4, 0.5) is 8.78 Å². The predicted molar refractivity (Wildman–Crippen MR) is 85.6 cm³/mol. The van der Waals surface area contributed by atoms with Gasteiger partial charge in [-0.05, 0) is 25.1 Å². The molecule has 7 heteroatoms. The lowest BCUT2D eigenvalue weighted by Crippen LogP contribution is -2.41. The molecule has 0 spiro atoms. The molecular weight excluding hydrogens is 332 g/mol. The summed E-state index contributed by atoms with van der Waals surface area (Å²) < 4.78 is 36.9. The fourth-order valence-corrected chi connectivity index (χ4v) is 2.82. The van der Waals surface area contributed by atoms with Crippen LogP contribution in [0.15, 0.2) is 39.5 Å². The summed E-state index contributed by atoms with van der Waals surface area (Å²) in [7, 11) is 0. The number of hydrogen-bond acceptors (Lipinski definition) is 4. The first kappa shape index (κ1) is 17.1. The van der Waals surface area contributed by atoms with Gasteiger partial charge in [-0.25, -0.2) is 13.6 Å². The monoisotopic (exact) mass is 349 g/mol. The van der Waals surface area contributed by atoms with Crippen LogP contribution in [0, 0.1) is 18.6 Å². The van der Waals surface area contributed by atoms with Crippen molar-refractivity contribution in [2.45, 2.75) is 25.9 Å². The second-order valence-electron chi connectivity index (χ2n) is 5.96. The third-order valence-corrected chi connectivity index (χ3v) is 4.07. The van der Waals surface area contributed by atoms with Crippen LogP contribution in [-0.2, 0) is 0 Å². The van der Waals surface area contributed by atoms with Crippen molar-refractivity contribution >= 4 is 5.91 Å². The molecule has 0 atom stereocenters. The van der Waals surface area contributed by atoms with Crippen molar-refractivity contribution in [2.24, 2.45) is 0 Å². The summed E-state index contributed by atoms with van der Waals surface area (Å²) in [6, 6.07) is 6.05. The number of aryl methyl sites for hydroxylation is 1. The van der Waals surface area contributed by atoms with E-state index in [2.05, 4.69) is 0 Å². The molecule has 1 amide bonds. The molecule has 0 N–H and O–H groups in total. The van der Waals surface area contributed by atoms with Crippen molar-refractivity contribution in [3.05, 3.63) is 63.7 Å². The van der Waals surface area contributed by atoms with Crippen LogP contribution in [0.2, 0.25) is 0 Å². The molecule has 1 fully saturated rings. The number of carbonyl (C=O) groups excluding carboxylic acids is 1. The molecule has 132 valence electrons. The van der Waals surface area contributed by atoms with Crippen molar-refractivity contribution < 1.29 is 22.7 Å². The standard InChI is InChI=1S/C18H17F2NO4/c1-11-8-14(10-17(22)24-11)25-13-4-6-21(7-5-13)18(23)12-2-3-15(19)16(20)9-12/h2-3,8-10,13H,4-7H2,1H3. The smallest absolute Gasteiger partial charge is 0.339 e. The number of rotatable bonds is 3. The summed E-state index contributed by atoms with van der Waals surface area (Å²) in [5, 5.41) is 0. The molecule has 0 radical (unpaired) electrons. The highest BCUT2D eigenvalue weighted by atomic mass is 19.2. The van der Waals surface area contributed by atoms with E-state index >= 15 is 0 Å². The molecule has 2 heterocycles. The van der Waals surface area contributed by atoms with E-state index in [1.165, 1.54) is 12.1 Å². The van der Waals surface area contributed by atoms with E-state index in [0.717, 1.165) is 12.1 Å². The number of likely N-dealkylation sites (tertiary alicyclic amines) is 1. The van der Waals surface area contributed by atoms with Gasteiger partial charge in [0.25, 0.3) is 5.91 Å². The maximum Gasteiger partial charge on any atom is 0.339 e. The van der Waals surface area contributed by atoms with Gasteiger partial charge < -0.3 is 14.1 Å². The Bertz CT molecular complexity index is 841. The van der Waals surface area contributed by atoms with E-state index in [4.69, 9.17) is 9.15 Å². The van der Waals surface area contributed by atoms with Crippen LogP contribution in [-0.4, -0.2) is 30.0 Å². The van der Waals surface area contributed by atoms with E-state index in [-0.39, 0.29) is 17.6 Å². The highest BCUT2D eigenvalue weighted by molar-refractivity contribution is 5.94. The predicted octanol–water partition coefficient (Wildman–Crippen LogP) is 2.91. The van der Waals surface area contributed by atoms with Crippen LogP contribution < -0.4 is 10.4 Å². The Hall–Kier alpha value is -2.70. The van der Waals surface area contributed by atoms with Gasteiger partial charge in [-0.3, -0.25) is 4.79 Å². The Balaban J connectivity index is 1.60. The second-order valence-corrected chi connectivity index (χ2v) is 5.96. The molecule has 5 nitrogen and oxygen atoms in total. The largest absolute Gasteiger partial charge is 0.490 e. The molecular formula is C18H17F2NO4. The van der Waals surface area contributed by atoms with Gasteiger partial charge in [0, 0.05) is 37.6 Å². The minimum Gasteiger partial charge on any atom is -0.490 e. The Morgan fingerprint density at radius 2 is 1.88 bits per heavy atom. The molecule has 1 aliphatic rings. The van der Waals surface area contributed by atoms with Gasteiger partial charge in [-0.2, -0.15) is 0 Å². The zero-order valence-electron chi connectivity index (χ0n) is 13.6. The Kier molecular flexibility index (Phi) is 4.83. The van der Waals surface area contributed by atoms with Gasteiger partial charge in [0.2, 0.25) is 0 Å². The molecule has 1 aromatic carbocycles. The molecule has 0 aliphatic carbocycles. The van der Waals surface area contributed by atoms with Gasteiger partial charge in [0.05, 0.1) is 6.07 Å². The first-order chi connectivity index (χ1) is 11.9. The number of carbonyl (C=O) groups is 1. The summed E-state index contributed by atoms with van der Waals surface area (Å²) in [4.78, 5) is 25.3. The van der Waals surface area contributed by atoms with Gasteiger partial charge in [0.15, 0.2) is 11.6 Å². The topological polar surface area (TPSA) is 59.8 Å².